The van der Waals surface area contributed by atoms with Gasteiger partial charge in [0.2, 0.25) is 0 Å². The minimum absolute atomic E-state index is 0.0583. The molecule has 0 spiro atoms. The maximum Gasteiger partial charge on any atom is 0.257 e. The van der Waals surface area contributed by atoms with Gasteiger partial charge in [-0.2, -0.15) is 0 Å². The maximum absolute atomic E-state index is 12.3. The zero-order valence-corrected chi connectivity index (χ0v) is 14.9. The number of anilines is 1. The molecule has 24 heavy (non-hydrogen) atoms. The fraction of sp³-hybridized carbons (Fsp3) is 0.0625. The molecule has 0 saturated heterocycles. The summed E-state index contributed by atoms with van der Waals surface area (Å²) in [7, 11) is 0. The summed E-state index contributed by atoms with van der Waals surface area (Å²) in [5, 5.41) is 12.8. The third kappa shape index (κ3) is 2.72. The lowest BCUT2D eigenvalue weighted by Crippen LogP contribution is -2.11. The monoisotopic (exact) mass is 373 g/mol. The second-order valence-corrected chi connectivity index (χ2v) is 8.02. The zero-order valence-electron chi connectivity index (χ0n) is 12.4. The highest BCUT2D eigenvalue weighted by molar-refractivity contribution is 8.00. The number of carbonyl (C=O) groups excluding carboxylic acids is 1. The fourth-order valence-electron chi connectivity index (χ4n) is 2.31. The molecule has 0 aliphatic rings. The Kier molecular flexibility index (Phi) is 3.87. The van der Waals surface area contributed by atoms with Crippen LogP contribution in [0.1, 0.15) is 10.4 Å². The number of aromatic nitrogens is 2. The average molecular weight is 373 g/mol. The van der Waals surface area contributed by atoms with E-state index in [4.69, 9.17) is 0 Å². The van der Waals surface area contributed by atoms with Gasteiger partial charge in [-0.25, -0.2) is 9.97 Å². The topological polar surface area (TPSA) is 75.1 Å². The van der Waals surface area contributed by atoms with Crippen LogP contribution in [0.2, 0.25) is 0 Å². The van der Waals surface area contributed by atoms with Crippen LogP contribution in [-0.4, -0.2) is 27.2 Å². The maximum atomic E-state index is 12.3. The lowest BCUT2D eigenvalue weighted by Gasteiger charge is -2.01. The third-order valence-corrected chi connectivity index (χ3v) is 6.60. The highest BCUT2D eigenvalue weighted by Gasteiger charge is 2.14. The van der Waals surface area contributed by atoms with Gasteiger partial charge in [0.05, 0.1) is 20.4 Å². The Morgan fingerprint density at radius 2 is 1.88 bits per heavy atom. The normalized spacial score (nSPS) is 11.2. The zero-order chi connectivity index (χ0) is 16.7. The van der Waals surface area contributed by atoms with E-state index in [9.17, 15) is 9.90 Å². The molecule has 0 aliphatic heterocycles. The molecule has 0 unspecified atom stereocenters. The van der Waals surface area contributed by atoms with Gasteiger partial charge in [0, 0.05) is 5.56 Å². The molecule has 2 N–H and O–H groups in total. The largest absolute Gasteiger partial charge is 0.508 e. The number of amides is 1. The first-order valence-electron chi connectivity index (χ1n) is 6.98. The number of aromatic hydroxyl groups is 1. The van der Waals surface area contributed by atoms with Crippen LogP contribution < -0.4 is 5.32 Å². The van der Waals surface area contributed by atoms with E-state index >= 15 is 0 Å². The van der Waals surface area contributed by atoms with Crippen molar-refractivity contribution in [1.29, 1.82) is 0 Å². The number of thiazole rings is 2. The molecular weight excluding hydrogens is 362 g/mol. The summed E-state index contributed by atoms with van der Waals surface area (Å²) in [6.45, 7) is 0. The number of phenolic OH excluding ortho intramolecular Hbond substituents is 1. The van der Waals surface area contributed by atoms with Gasteiger partial charge < -0.3 is 5.11 Å². The summed E-state index contributed by atoms with van der Waals surface area (Å²) in [6, 6.07) is 10.1. The Bertz CT molecular complexity index is 1070. The van der Waals surface area contributed by atoms with Crippen LogP contribution in [0.3, 0.4) is 0 Å². The summed E-state index contributed by atoms with van der Waals surface area (Å²) in [4.78, 5) is 21.3. The van der Waals surface area contributed by atoms with Gasteiger partial charge in [-0.15, -0.1) is 11.3 Å². The molecule has 2 heterocycles. The Morgan fingerprint density at radius 1 is 1.12 bits per heavy atom. The molecule has 0 radical (unpaired) electrons. The first-order chi connectivity index (χ1) is 11.6. The number of hydrogen-bond donors (Lipinski definition) is 2. The first kappa shape index (κ1) is 15.4. The van der Waals surface area contributed by atoms with Gasteiger partial charge in [-0.05, 0) is 36.6 Å². The highest BCUT2D eigenvalue weighted by Crippen LogP contribution is 2.38. The van der Waals surface area contributed by atoms with Crippen LogP contribution >= 0.6 is 34.4 Å². The van der Waals surface area contributed by atoms with Crippen molar-refractivity contribution >= 4 is 65.9 Å². The SMILES string of the molecule is CSc1nc2ccc3nc(NC(=O)c4cccc(O)c4)sc3c2s1. The number of rotatable bonds is 3. The third-order valence-electron chi connectivity index (χ3n) is 3.40. The lowest BCUT2D eigenvalue weighted by atomic mass is 10.2. The minimum atomic E-state index is -0.296. The molecule has 1 amide bonds. The van der Waals surface area contributed by atoms with Gasteiger partial charge >= 0.3 is 0 Å². The molecule has 0 bridgehead atoms. The molecule has 8 heteroatoms. The van der Waals surface area contributed by atoms with Gasteiger partial charge in [0.25, 0.3) is 5.91 Å². The molecule has 2 aromatic heterocycles. The van der Waals surface area contributed by atoms with Crippen LogP contribution in [0, 0.1) is 0 Å². The van der Waals surface area contributed by atoms with Crippen molar-refractivity contribution in [3.05, 3.63) is 42.0 Å². The van der Waals surface area contributed by atoms with Crippen LogP contribution in [-0.2, 0) is 0 Å². The molecule has 4 rings (SSSR count). The van der Waals surface area contributed by atoms with E-state index < -0.39 is 0 Å². The van der Waals surface area contributed by atoms with Gasteiger partial charge in [0.15, 0.2) is 9.47 Å². The first-order valence-corrected chi connectivity index (χ1v) is 9.84. The van der Waals surface area contributed by atoms with Crippen molar-refractivity contribution in [2.45, 2.75) is 4.34 Å². The van der Waals surface area contributed by atoms with Crippen molar-refractivity contribution in [3.63, 3.8) is 0 Å². The molecular formula is C16H11N3O2S3. The van der Waals surface area contributed by atoms with Crippen molar-refractivity contribution < 1.29 is 9.90 Å². The van der Waals surface area contributed by atoms with Gasteiger partial charge in [-0.1, -0.05) is 29.2 Å². The molecule has 5 nitrogen and oxygen atoms in total. The smallest absolute Gasteiger partial charge is 0.257 e. The average Bonchev–Trinajstić information content (AvgIpc) is 3.17. The number of benzene rings is 2. The summed E-state index contributed by atoms with van der Waals surface area (Å²) < 4.78 is 3.12. The number of fused-ring (bicyclic) bond motifs is 3. The number of carbonyl (C=O) groups is 1. The molecule has 120 valence electrons. The number of nitrogens with zero attached hydrogens (tertiary/aromatic N) is 2. The fourth-order valence-corrected chi connectivity index (χ4v) is 4.96. The number of thioether (sulfide) groups is 1. The van der Waals surface area contributed by atoms with Crippen LogP contribution in [0.25, 0.3) is 20.4 Å². The predicted octanol–water partition coefficient (Wildman–Crippen LogP) is 4.59. The Balaban J connectivity index is 1.71. The van der Waals surface area contributed by atoms with Crippen molar-refractivity contribution in [2.75, 3.05) is 11.6 Å². The lowest BCUT2D eigenvalue weighted by molar-refractivity contribution is 0.102. The Labute approximate surface area is 149 Å². The summed E-state index contributed by atoms with van der Waals surface area (Å²) >= 11 is 4.68. The van der Waals surface area contributed by atoms with E-state index in [0.29, 0.717) is 10.7 Å². The van der Waals surface area contributed by atoms with Gasteiger partial charge in [-0.3, -0.25) is 10.1 Å². The quantitative estimate of drug-likeness (QED) is 0.514. The van der Waals surface area contributed by atoms with E-state index in [1.807, 2.05) is 18.4 Å². The number of phenols is 1. The van der Waals surface area contributed by atoms with E-state index in [2.05, 4.69) is 15.3 Å². The molecule has 0 atom stereocenters. The van der Waals surface area contributed by atoms with Crippen molar-refractivity contribution in [3.8, 4) is 5.75 Å². The second-order valence-electron chi connectivity index (χ2n) is 4.97. The van der Waals surface area contributed by atoms with Crippen LogP contribution in [0.15, 0.2) is 40.7 Å². The highest BCUT2D eigenvalue weighted by atomic mass is 32.2. The van der Waals surface area contributed by atoms with Crippen LogP contribution in [0.5, 0.6) is 5.75 Å². The summed E-state index contributed by atoms with van der Waals surface area (Å²) in [5.74, 6) is -0.238. The second kappa shape index (κ2) is 6.04. The Morgan fingerprint density at radius 3 is 2.62 bits per heavy atom. The van der Waals surface area contributed by atoms with Crippen LogP contribution in [0.4, 0.5) is 5.13 Å². The van der Waals surface area contributed by atoms with Gasteiger partial charge in [0.1, 0.15) is 5.75 Å². The molecule has 4 aromatic rings. The summed E-state index contributed by atoms with van der Waals surface area (Å²) in [5.41, 5.74) is 2.18. The number of nitrogens with one attached hydrogen (secondary N) is 1. The predicted molar refractivity (Wildman–Crippen MR) is 101 cm³/mol. The van der Waals surface area contributed by atoms with E-state index in [1.165, 1.54) is 23.5 Å². The molecule has 0 saturated carbocycles. The Hall–Kier alpha value is -2.16. The summed E-state index contributed by atoms with van der Waals surface area (Å²) in [6.07, 6.45) is 2.00. The molecule has 0 aliphatic carbocycles. The van der Waals surface area contributed by atoms with Crippen molar-refractivity contribution in [1.82, 2.24) is 9.97 Å². The molecule has 0 fully saturated rings. The standard InChI is InChI=1S/C16H11N3O2S3/c1-22-16-18-11-6-5-10-12(13(11)24-16)23-15(17-10)19-14(21)8-3-2-4-9(20)7-8/h2-7,20H,1H3,(H,17,19,21). The minimum Gasteiger partial charge on any atom is -0.508 e. The van der Waals surface area contributed by atoms with Crippen molar-refractivity contribution in [2.24, 2.45) is 0 Å². The van der Waals surface area contributed by atoms with E-state index in [1.54, 1.807) is 35.2 Å². The molecule has 2 aromatic carbocycles. The van der Waals surface area contributed by atoms with E-state index in [-0.39, 0.29) is 11.7 Å². The van der Waals surface area contributed by atoms with E-state index in [0.717, 1.165) is 24.8 Å². The number of hydrogen-bond acceptors (Lipinski definition) is 7.